The third-order valence-corrected chi connectivity index (χ3v) is 8.46. The minimum atomic E-state index is -5.17. The first-order chi connectivity index (χ1) is 18.1. The first-order valence-electron chi connectivity index (χ1n) is 13.4. The van der Waals surface area contributed by atoms with E-state index in [0.717, 1.165) is 32.1 Å². The number of fused-ring (bicyclic) bond motifs is 1. The van der Waals surface area contributed by atoms with Crippen LogP contribution in [-0.4, -0.2) is 62.8 Å². The second kappa shape index (κ2) is 12.0. The van der Waals surface area contributed by atoms with E-state index in [0.29, 0.717) is 43.4 Å². The van der Waals surface area contributed by atoms with Crippen LogP contribution < -0.4 is 20.1 Å². The SMILES string of the molecule is CNC(C)C(=O)NC(C(=O)N1CCCC1C(=O)NC1CCc2c(OS(=O)(=O)F)cccc21)C1CCCCC1. The molecule has 1 saturated heterocycles. The first kappa shape index (κ1) is 28.3. The Morgan fingerprint density at radius 3 is 2.50 bits per heavy atom. The predicted octanol–water partition coefficient (Wildman–Crippen LogP) is 2.05. The summed E-state index contributed by atoms with van der Waals surface area (Å²) in [5, 5.41) is 8.89. The van der Waals surface area contributed by atoms with Crippen LogP contribution in [0.5, 0.6) is 5.75 Å². The van der Waals surface area contributed by atoms with E-state index in [1.165, 1.54) is 6.07 Å². The van der Waals surface area contributed by atoms with Crippen LogP contribution in [0.3, 0.4) is 0 Å². The number of rotatable bonds is 9. The number of carbonyl (C=O) groups is 3. The minimum absolute atomic E-state index is 0.0282. The Labute approximate surface area is 223 Å². The van der Waals surface area contributed by atoms with Gasteiger partial charge in [0.15, 0.2) is 0 Å². The molecule has 0 spiro atoms. The zero-order valence-corrected chi connectivity index (χ0v) is 22.7. The molecule has 2 aliphatic carbocycles. The van der Waals surface area contributed by atoms with Gasteiger partial charge in [0.05, 0.1) is 12.1 Å². The predicted molar refractivity (Wildman–Crippen MR) is 138 cm³/mol. The van der Waals surface area contributed by atoms with Crippen molar-refractivity contribution in [1.82, 2.24) is 20.9 Å². The van der Waals surface area contributed by atoms with Gasteiger partial charge in [-0.1, -0.05) is 35.3 Å². The number of nitrogens with zero attached hydrogens (tertiary/aromatic N) is 1. The van der Waals surface area contributed by atoms with E-state index in [9.17, 15) is 26.7 Å². The number of halogens is 1. The fourth-order valence-electron chi connectivity index (χ4n) is 5.96. The van der Waals surface area contributed by atoms with Crippen LogP contribution >= 0.6 is 0 Å². The molecule has 12 heteroatoms. The summed E-state index contributed by atoms with van der Waals surface area (Å²) in [6.07, 6.45) is 6.93. The molecule has 210 valence electrons. The Kier molecular flexibility index (Phi) is 8.92. The normalized spacial score (nSPS) is 23.4. The van der Waals surface area contributed by atoms with Crippen molar-refractivity contribution >= 4 is 28.2 Å². The number of carbonyl (C=O) groups excluding carboxylic acids is 3. The molecule has 0 bridgehead atoms. The highest BCUT2D eigenvalue weighted by atomic mass is 32.3. The molecule has 1 saturated carbocycles. The molecule has 0 radical (unpaired) electrons. The molecule has 1 aromatic rings. The maximum atomic E-state index is 13.8. The molecule has 4 unspecified atom stereocenters. The van der Waals surface area contributed by atoms with Crippen molar-refractivity contribution in [1.29, 1.82) is 0 Å². The molecule has 1 aromatic carbocycles. The van der Waals surface area contributed by atoms with E-state index < -0.39 is 34.7 Å². The van der Waals surface area contributed by atoms with E-state index in [1.807, 2.05) is 0 Å². The molecule has 3 N–H and O–H groups in total. The zero-order valence-electron chi connectivity index (χ0n) is 21.9. The average Bonchev–Trinajstić information content (AvgIpc) is 3.54. The lowest BCUT2D eigenvalue weighted by Crippen LogP contribution is -2.58. The summed E-state index contributed by atoms with van der Waals surface area (Å²) >= 11 is 0. The van der Waals surface area contributed by atoms with Gasteiger partial charge in [0.2, 0.25) is 17.7 Å². The van der Waals surface area contributed by atoms with Gasteiger partial charge in [-0.2, -0.15) is 8.42 Å². The number of likely N-dealkylation sites (N-methyl/N-ethyl adjacent to an activating group) is 1. The molecule has 0 aromatic heterocycles. The highest BCUT2D eigenvalue weighted by molar-refractivity contribution is 7.81. The third-order valence-electron chi connectivity index (χ3n) is 8.08. The fraction of sp³-hybridized carbons (Fsp3) is 0.654. The molecular weight excluding hydrogens is 515 g/mol. The van der Waals surface area contributed by atoms with Gasteiger partial charge in [0.1, 0.15) is 17.8 Å². The first-order valence-corrected chi connectivity index (χ1v) is 14.7. The Morgan fingerprint density at radius 2 is 1.82 bits per heavy atom. The van der Waals surface area contributed by atoms with Gasteiger partial charge in [-0.25, -0.2) is 0 Å². The van der Waals surface area contributed by atoms with Gasteiger partial charge in [-0.05, 0) is 70.0 Å². The largest absolute Gasteiger partial charge is 0.488 e. The van der Waals surface area contributed by atoms with Gasteiger partial charge in [-0.15, -0.1) is 0 Å². The number of benzene rings is 1. The summed E-state index contributed by atoms with van der Waals surface area (Å²) in [4.78, 5) is 41.6. The van der Waals surface area contributed by atoms with Gasteiger partial charge in [0.25, 0.3) is 0 Å². The van der Waals surface area contributed by atoms with Crippen molar-refractivity contribution in [2.75, 3.05) is 13.6 Å². The zero-order chi connectivity index (χ0) is 27.4. The molecule has 4 rings (SSSR count). The average molecular weight is 553 g/mol. The molecule has 1 aliphatic heterocycles. The second-order valence-corrected chi connectivity index (χ2v) is 11.4. The number of hydrogen-bond donors (Lipinski definition) is 3. The van der Waals surface area contributed by atoms with Crippen molar-refractivity contribution in [3.63, 3.8) is 0 Å². The standard InChI is InChI=1S/C26H37FN4O6S/c1-16(28-2)24(32)30-23(17-8-4-3-5-9-17)26(34)31-15-7-11-21(31)25(33)29-20-14-13-19-18(20)10-6-12-22(19)37-38(27,35)36/h6,10,12,16-17,20-21,23,28H,3-5,7-9,11,13-15H2,1-2H3,(H,29,33)(H,30,32). The number of likely N-dealkylation sites (tertiary alicyclic amines) is 1. The Morgan fingerprint density at radius 1 is 1.08 bits per heavy atom. The molecular formula is C26H37FN4O6S. The van der Waals surface area contributed by atoms with E-state index in [4.69, 9.17) is 0 Å². The minimum Gasteiger partial charge on any atom is -0.358 e. The van der Waals surface area contributed by atoms with Crippen LogP contribution in [-0.2, 0) is 31.3 Å². The van der Waals surface area contributed by atoms with Crippen LogP contribution in [0.2, 0.25) is 0 Å². The van der Waals surface area contributed by atoms with E-state index in [-0.39, 0.29) is 29.4 Å². The van der Waals surface area contributed by atoms with Crippen molar-refractivity contribution in [3.05, 3.63) is 29.3 Å². The summed E-state index contributed by atoms with van der Waals surface area (Å²) in [6.45, 7) is 2.17. The maximum absolute atomic E-state index is 13.8. The molecule has 38 heavy (non-hydrogen) atoms. The lowest BCUT2D eigenvalue weighted by atomic mass is 9.83. The Bertz CT molecular complexity index is 1160. The lowest BCUT2D eigenvalue weighted by molar-refractivity contribution is -0.143. The third kappa shape index (κ3) is 6.45. The highest BCUT2D eigenvalue weighted by Gasteiger charge is 2.42. The van der Waals surface area contributed by atoms with Crippen molar-refractivity contribution < 1.29 is 30.9 Å². The lowest BCUT2D eigenvalue weighted by Gasteiger charge is -2.35. The van der Waals surface area contributed by atoms with Gasteiger partial charge >= 0.3 is 10.5 Å². The van der Waals surface area contributed by atoms with Crippen LogP contribution in [0.4, 0.5) is 3.89 Å². The Balaban J connectivity index is 1.48. The number of amides is 3. The van der Waals surface area contributed by atoms with Crippen molar-refractivity contribution in [2.24, 2.45) is 5.92 Å². The fourth-order valence-corrected chi connectivity index (χ4v) is 6.33. The summed E-state index contributed by atoms with van der Waals surface area (Å²) < 4.78 is 39.6. The quantitative estimate of drug-likeness (QED) is 0.399. The molecule has 2 fully saturated rings. The van der Waals surface area contributed by atoms with Crippen LogP contribution in [0, 0.1) is 5.92 Å². The second-order valence-electron chi connectivity index (χ2n) is 10.5. The van der Waals surface area contributed by atoms with E-state index in [2.05, 4.69) is 20.1 Å². The molecule has 4 atom stereocenters. The van der Waals surface area contributed by atoms with Crippen LogP contribution in [0.25, 0.3) is 0 Å². The van der Waals surface area contributed by atoms with Gasteiger partial charge < -0.3 is 25.0 Å². The maximum Gasteiger partial charge on any atom is 0.488 e. The number of hydrogen-bond acceptors (Lipinski definition) is 7. The highest BCUT2D eigenvalue weighted by Crippen LogP contribution is 2.38. The van der Waals surface area contributed by atoms with Crippen LogP contribution in [0.1, 0.15) is 75.5 Å². The topological polar surface area (TPSA) is 134 Å². The van der Waals surface area contributed by atoms with E-state index in [1.54, 1.807) is 31.0 Å². The van der Waals surface area contributed by atoms with Gasteiger partial charge in [-0.3, -0.25) is 14.4 Å². The van der Waals surface area contributed by atoms with Gasteiger partial charge in [0, 0.05) is 12.1 Å². The summed E-state index contributed by atoms with van der Waals surface area (Å²) in [6, 6.07) is 2.48. The van der Waals surface area contributed by atoms with Crippen molar-refractivity contribution in [3.8, 4) is 5.75 Å². The molecule has 10 nitrogen and oxygen atoms in total. The van der Waals surface area contributed by atoms with Crippen molar-refractivity contribution in [2.45, 2.75) is 88.9 Å². The molecule has 3 amide bonds. The molecule has 3 aliphatic rings. The Hall–Kier alpha value is -2.73. The summed E-state index contributed by atoms with van der Waals surface area (Å²) in [5.41, 5.74) is 1.21. The summed E-state index contributed by atoms with van der Waals surface area (Å²) in [7, 11) is -3.48. The number of nitrogens with one attached hydrogen (secondary N) is 3. The smallest absolute Gasteiger partial charge is 0.358 e. The monoisotopic (exact) mass is 552 g/mol. The summed E-state index contributed by atoms with van der Waals surface area (Å²) in [5.74, 6) is -0.813. The van der Waals surface area contributed by atoms with E-state index >= 15 is 0 Å². The van der Waals surface area contributed by atoms with Crippen LogP contribution in [0.15, 0.2) is 18.2 Å². The molecule has 1 heterocycles.